The van der Waals surface area contributed by atoms with E-state index >= 15 is 0 Å². The first-order chi connectivity index (χ1) is 15.8. The number of carbonyl (C=O) groups is 1. The number of ether oxygens (including phenoxy) is 2. The lowest BCUT2D eigenvalue weighted by molar-refractivity contribution is 0.0555. The van der Waals surface area contributed by atoms with E-state index in [1.165, 1.54) is 4.90 Å². The van der Waals surface area contributed by atoms with Gasteiger partial charge in [0.25, 0.3) is 0 Å². The van der Waals surface area contributed by atoms with Gasteiger partial charge < -0.3 is 14.4 Å². The Kier molecular flexibility index (Phi) is 9.03. The predicted molar refractivity (Wildman–Crippen MR) is 132 cm³/mol. The minimum atomic E-state index is -0.364. The van der Waals surface area contributed by atoms with Gasteiger partial charge in [-0.15, -0.1) is 0 Å². The van der Waals surface area contributed by atoms with E-state index in [1.54, 1.807) is 7.05 Å². The Hall–Kier alpha value is -2.25. The SMILES string of the molecule is CCCN1CCC(OC(=O)N(C)c2cc(C)n(Cc3cc(Cl)ccc3OCC(C)C)n2)CC1. The average Bonchev–Trinajstić information content (AvgIpc) is 3.14. The van der Waals surface area contributed by atoms with Gasteiger partial charge in [0.15, 0.2) is 5.82 Å². The fourth-order valence-corrected chi connectivity index (χ4v) is 4.12. The zero-order chi connectivity index (χ0) is 24.0. The molecule has 2 heterocycles. The largest absolute Gasteiger partial charge is 0.493 e. The van der Waals surface area contributed by atoms with Gasteiger partial charge in [0.1, 0.15) is 11.9 Å². The van der Waals surface area contributed by atoms with E-state index in [2.05, 4.69) is 30.8 Å². The summed E-state index contributed by atoms with van der Waals surface area (Å²) in [6.07, 6.45) is 2.50. The molecular weight excluding hydrogens is 440 g/mol. The Morgan fingerprint density at radius 2 is 2.00 bits per heavy atom. The number of aromatic nitrogens is 2. The van der Waals surface area contributed by atoms with Crippen LogP contribution in [-0.2, 0) is 11.3 Å². The van der Waals surface area contributed by atoms with Gasteiger partial charge in [-0.1, -0.05) is 32.4 Å². The quantitative estimate of drug-likeness (QED) is 0.486. The van der Waals surface area contributed by atoms with Gasteiger partial charge in [-0.05, 0) is 56.8 Å². The summed E-state index contributed by atoms with van der Waals surface area (Å²) >= 11 is 6.24. The van der Waals surface area contributed by atoms with Gasteiger partial charge in [0.2, 0.25) is 0 Å². The van der Waals surface area contributed by atoms with Crippen LogP contribution in [0.4, 0.5) is 10.6 Å². The van der Waals surface area contributed by atoms with E-state index in [1.807, 2.05) is 35.9 Å². The Labute approximate surface area is 202 Å². The summed E-state index contributed by atoms with van der Waals surface area (Å²) in [5.74, 6) is 1.78. The van der Waals surface area contributed by atoms with Crippen molar-refractivity contribution in [2.24, 2.45) is 5.92 Å². The number of carbonyl (C=O) groups excluding carboxylic acids is 1. The number of nitrogens with zero attached hydrogens (tertiary/aromatic N) is 4. The highest BCUT2D eigenvalue weighted by Gasteiger charge is 2.25. The maximum Gasteiger partial charge on any atom is 0.415 e. The molecule has 0 saturated carbocycles. The molecule has 0 aliphatic carbocycles. The molecule has 0 atom stereocenters. The zero-order valence-corrected chi connectivity index (χ0v) is 21.3. The molecule has 1 amide bonds. The summed E-state index contributed by atoms with van der Waals surface area (Å²) in [4.78, 5) is 16.7. The number of benzene rings is 1. The third-order valence-electron chi connectivity index (χ3n) is 5.84. The molecule has 0 unspecified atom stereocenters. The fourth-order valence-electron chi connectivity index (χ4n) is 3.93. The van der Waals surface area contributed by atoms with Crippen molar-refractivity contribution in [3.63, 3.8) is 0 Å². The minimum Gasteiger partial charge on any atom is -0.493 e. The molecular formula is C25H37ClN4O3. The van der Waals surface area contributed by atoms with Crippen LogP contribution in [0.25, 0.3) is 0 Å². The number of aryl methyl sites for hydroxylation is 1. The molecule has 0 radical (unpaired) electrons. The van der Waals surface area contributed by atoms with Crippen molar-refractivity contribution < 1.29 is 14.3 Å². The molecule has 0 bridgehead atoms. The number of hydrogen-bond donors (Lipinski definition) is 0. The Morgan fingerprint density at radius 3 is 2.67 bits per heavy atom. The second-order valence-electron chi connectivity index (χ2n) is 9.24. The van der Waals surface area contributed by atoms with Crippen LogP contribution in [0.1, 0.15) is 51.3 Å². The molecule has 1 aromatic heterocycles. The summed E-state index contributed by atoms with van der Waals surface area (Å²) in [5.41, 5.74) is 1.89. The Balaban J connectivity index is 1.64. The molecule has 1 aliphatic rings. The first-order valence-corrected chi connectivity index (χ1v) is 12.3. The Bertz CT molecular complexity index is 922. The van der Waals surface area contributed by atoms with Crippen LogP contribution >= 0.6 is 11.6 Å². The van der Waals surface area contributed by atoms with Gasteiger partial charge in [-0.2, -0.15) is 5.10 Å². The molecule has 3 rings (SSSR count). The smallest absolute Gasteiger partial charge is 0.415 e. The summed E-state index contributed by atoms with van der Waals surface area (Å²) in [6.45, 7) is 12.6. The van der Waals surface area contributed by atoms with E-state index in [9.17, 15) is 4.79 Å². The summed E-state index contributed by atoms with van der Waals surface area (Å²) in [7, 11) is 1.71. The summed E-state index contributed by atoms with van der Waals surface area (Å²) in [6, 6.07) is 7.53. The van der Waals surface area contributed by atoms with Gasteiger partial charge in [0.05, 0.1) is 13.2 Å². The van der Waals surface area contributed by atoms with Crippen molar-refractivity contribution >= 4 is 23.5 Å². The zero-order valence-electron chi connectivity index (χ0n) is 20.5. The number of rotatable bonds is 9. The first-order valence-electron chi connectivity index (χ1n) is 11.9. The summed E-state index contributed by atoms with van der Waals surface area (Å²) < 4.78 is 13.6. The third-order valence-corrected chi connectivity index (χ3v) is 6.08. The van der Waals surface area contributed by atoms with Crippen molar-refractivity contribution in [1.29, 1.82) is 0 Å². The van der Waals surface area contributed by atoms with E-state index in [-0.39, 0.29) is 12.2 Å². The lowest BCUT2D eigenvalue weighted by Crippen LogP contribution is -2.40. The minimum absolute atomic E-state index is 0.0386. The maximum absolute atomic E-state index is 12.7. The second-order valence-corrected chi connectivity index (χ2v) is 9.68. The lowest BCUT2D eigenvalue weighted by atomic mass is 10.1. The van der Waals surface area contributed by atoms with E-state index < -0.39 is 0 Å². The normalized spacial score (nSPS) is 15.1. The molecule has 7 nitrogen and oxygen atoms in total. The standard InChI is InChI=1S/C25H37ClN4O3/c1-6-11-29-12-9-22(10-13-29)33-25(31)28(5)24-14-19(4)30(27-24)16-20-15-21(26)7-8-23(20)32-17-18(2)3/h7-8,14-15,18,22H,6,9-13,16-17H2,1-5H3. The maximum atomic E-state index is 12.7. The average molecular weight is 477 g/mol. The van der Waals surface area contributed by atoms with E-state index in [4.69, 9.17) is 21.1 Å². The monoisotopic (exact) mass is 476 g/mol. The van der Waals surface area contributed by atoms with Crippen LogP contribution in [0.2, 0.25) is 5.02 Å². The van der Waals surface area contributed by atoms with Crippen molar-refractivity contribution in [3.8, 4) is 5.75 Å². The molecule has 182 valence electrons. The van der Waals surface area contributed by atoms with Crippen molar-refractivity contribution in [2.45, 2.75) is 59.6 Å². The lowest BCUT2D eigenvalue weighted by Gasteiger charge is -2.31. The fraction of sp³-hybridized carbons (Fsp3) is 0.600. The molecule has 2 aromatic rings. The van der Waals surface area contributed by atoms with E-state index in [0.29, 0.717) is 29.9 Å². The topological polar surface area (TPSA) is 59.8 Å². The molecule has 0 spiro atoms. The summed E-state index contributed by atoms with van der Waals surface area (Å²) in [5, 5.41) is 5.31. The van der Waals surface area contributed by atoms with Crippen LogP contribution in [0.3, 0.4) is 0 Å². The highest BCUT2D eigenvalue weighted by atomic mass is 35.5. The molecule has 1 saturated heterocycles. The predicted octanol–water partition coefficient (Wildman–Crippen LogP) is 5.38. The van der Waals surface area contributed by atoms with E-state index in [0.717, 1.165) is 55.9 Å². The Morgan fingerprint density at radius 1 is 1.27 bits per heavy atom. The van der Waals surface area contributed by atoms with Gasteiger partial charge in [-0.25, -0.2) is 4.79 Å². The number of hydrogen-bond acceptors (Lipinski definition) is 5. The second kappa shape index (κ2) is 11.7. The molecule has 1 aliphatic heterocycles. The molecule has 33 heavy (non-hydrogen) atoms. The van der Waals surface area contributed by atoms with Crippen LogP contribution in [0.15, 0.2) is 24.3 Å². The third kappa shape index (κ3) is 7.11. The number of anilines is 1. The molecule has 8 heteroatoms. The highest BCUT2D eigenvalue weighted by molar-refractivity contribution is 6.30. The molecule has 1 fully saturated rings. The van der Waals surface area contributed by atoms with Crippen molar-refractivity contribution in [1.82, 2.24) is 14.7 Å². The number of halogens is 1. The van der Waals surface area contributed by atoms with Gasteiger partial charge in [-0.3, -0.25) is 9.58 Å². The van der Waals surface area contributed by atoms with Crippen LogP contribution < -0.4 is 9.64 Å². The number of amides is 1. The van der Waals surface area contributed by atoms with Crippen LogP contribution in [-0.4, -0.2) is 60.2 Å². The van der Waals surface area contributed by atoms with Gasteiger partial charge in [0, 0.05) is 42.5 Å². The number of piperidine rings is 1. The van der Waals surface area contributed by atoms with Crippen molar-refractivity contribution in [2.75, 3.05) is 38.2 Å². The molecule has 1 aromatic carbocycles. The van der Waals surface area contributed by atoms with Crippen LogP contribution in [0.5, 0.6) is 5.75 Å². The first kappa shape index (κ1) is 25.4. The molecule has 0 N–H and O–H groups in total. The number of likely N-dealkylation sites (tertiary alicyclic amines) is 1. The van der Waals surface area contributed by atoms with Gasteiger partial charge >= 0.3 is 6.09 Å². The van der Waals surface area contributed by atoms with Crippen molar-refractivity contribution in [3.05, 3.63) is 40.5 Å². The highest BCUT2D eigenvalue weighted by Crippen LogP contribution is 2.26. The van der Waals surface area contributed by atoms with Crippen LogP contribution in [0, 0.1) is 12.8 Å².